The number of nitrogens with two attached hydrogens (primary N) is 1. The van der Waals surface area contributed by atoms with Crippen molar-refractivity contribution in [3.63, 3.8) is 0 Å². The number of aliphatic carboxylic acids is 1. The Morgan fingerprint density at radius 1 is 1.25 bits per heavy atom. The van der Waals surface area contributed by atoms with Crippen LogP contribution in [0.1, 0.15) is 11.1 Å². The Bertz CT molecular complexity index is 986. The molecule has 0 aromatic heterocycles. The van der Waals surface area contributed by atoms with E-state index < -0.39 is 57.1 Å². The summed E-state index contributed by atoms with van der Waals surface area (Å²) in [4.78, 5) is 36.9. The molecule has 0 saturated carbocycles. The van der Waals surface area contributed by atoms with Crippen molar-refractivity contribution in [3.8, 4) is 0 Å². The molecule has 0 radical (unpaired) electrons. The second-order valence-electron chi connectivity index (χ2n) is 6.52. The van der Waals surface area contributed by atoms with Gasteiger partial charge in [-0.25, -0.2) is 13.2 Å². The zero-order chi connectivity index (χ0) is 20.6. The van der Waals surface area contributed by atoms with Gasteiger partial charge in [-0.2, -0.15) is 0 Å². The van der Waals surface area contributed by atoms with Gasteiger partial charge in [-0.15, -0.1) is 0 Å². The smallest absolute Gasteiger partial charge is 0.352 e. The second-order valence-corrected chi connectivity index (χ2v) is 8.61. The average molecular weight is 409 g/mol. The molecule has 11 heteroatoms. The topological polar surface area (TPSA) is 167 Å². The molecule has 3 rings (SSSR count). The van der Waals surface area contributed by atoms with Gasteiger partial charge in [0.15, 0.2) is 15.2 Å². The monoisotopic (exact) mass is 409 g/mol. The number of nitrogens with one attached hydrogen (secondary N) is 1. The molecule has 1 fully saturated rings. The number of benzene rings is 1. The van der Waals surface area contributed by atoms with Crippen LogP contribution in [0.15, 0.2) is 35.5 Å². The highest BCUT2D eigenvalue weighted by molar-refractivity contribution is 7.92. The number of hydrogen-bond donors (Lipinski definition) is 4. The Labute approximate surface area is 160 Å². The Balaban J connectivity index is 1.82. The molecule has 28 heavy (non-hydrogen) atoms. The van der Waals surface area contributed by atoms with Crippen molar-refractivity contribution >= 4 is 27.6 Å². The number of sulfone groups is 1. The molecule has 10 nitrogen and oxygen atoms in total. The van der Waals surface area contributed by atoms with Crippen LogP contribution in [0.5, 0.6) is 0 Å². The molecule has 2 atom stereocenters. The predicted octanol–water partition coefficient (Wildman–Crippen LogP) is -1.90. The third-order valence-electron chi connectivity index (χ3n) is 4.76. The van der Waals surface area contributed by atoms with Gasteiger partial charge >= 0.3 is 5.97 Å². The van der Waals surface area contributed by atoms with Crippen LogP contribution >= 0.6 is 0 Å². The maximum Gasteiger partial charge on any atom is 0.352 e. The summed E-state index contributed by atoms with van der Waals surface area (Å²) in [5, 5.41) is 19.5. The fraction of sp³-hybridized carbons (Fsp3) is 0.353. The van der Waals surface area contributed by atoms with Gasteiger partial charge in [-0.3, -0.25) is 14.5 Å². The van der Waals surface area contributed by atoms with E-state index in [1.807, 2.05) is 0 Å². The highest BCUT2D eigenvalue weighted by atomic mass is 32.2. The van der Waals surface area contributed by atoms with Crippen LogP contribution in [0, 0.1) is 0 Å². The summed E-state index contributed by atoms with van der Waals surface area (Å²) < 4.78 is 25.0. The van der Waals surface area contributed by atoms with Crippen molar-refractivity contribution in [2.45, 2.75) is 24.4 Å². The van der Waals surface area contributed by atoms with E-state index in [0.717, 1.165) is 5.56 Å². The van der Waals surface area contributed by atoms with Crippen LogP contribution in [0.3, 0.4) is 0 Å². The minimum absolute atomic E-state index is 0.104. The van der Waals surface area contributed by atoms with Crippen molar-refractivity contribution in [1.82, 2.24) is 10.2 Å². The molecule has 150 valence electrons. The lowest BCUT2D eigenvalue weighted by atomic mass is 10.0. The number of carbonyl (C=O) groups is 3. The first-order valence-corrected chi connectivity index (χ1v) is 10.1. The number of amides is 2. The SMILES string of the molecule is NCc1ccccc1CC(=O)N[C@H]1C(=O)N2C(C(=O)O)=C(CO)CS(=O)(=O)[C@@H]12. The highest BCUT2D eigenvalue weighted by Crippen LogP contribution is 2.36. The molecule has 2 aliphatic heterocycles. The number of carbonyl (C=O) groups excluding carboxylic acids is 2. The second kappa shape index (κ2) is 7.34. The average Bonchev–Trinajstić information content (AvgIpc) is 2.64. The number of carboxylic acid groups (broad SMARTS) is 1. The Hall–Kier alpha value is -2.76. The van der Waals surface area contributed by atoms with Gasteiger partial charge in [0, 0.05) is 12.1 Å². The summed E-state index contributed by atoms with van der Waals surface area (Å²) in [6, 6.07) is 5.57. The van der Waals surface area contributed by atoms with Gasteiger partial charge < -0.3 is 21.3 Å². The summed E-state index contributed by atoms with van der Waals surface area (Å²) in [5.41, 5.74) is 6.20. The Kier molecular flexibility index (Phi) is 5.24. The lowest BCUT2D eigenvalue weighted by molar-refractivity contribution is -0.151. The van der Waals surface area contributed by atoms with E-state index in [1.54, 1.807) is 24.3 Å². The first-order valence-electron chi connectivity index (χ1n) is 8.38. The molecular weight excluding hydrogens is 390 g/mol. The lowest BCUT2D eigenvalue weighted by Crippen LogP contribution is -2.75. The zero-order valence-corrected chi connectivity index (χ0v) is 15.5. The molecule has 1 aromatic carbocycles. The van der Waals surface area contributed by atoms with Crippen LogP contribution in [0.2, 0.25) is 0 Å². The quantitative estimate of drug-likeness (QED) is 0.395. The van der Waals surface area contributed by atoms with Gasteiger partial charge in [0.2, 0.25) is 5.91 Å². The molecule has 0 bridgehead atoms. The third-order valence-corrected chi connectivity index (χ3v) is 6.73. The lowest BCUT2D eigenvalue weighted by Gasteiger charge is -2.48. The summed E-state index contributed by atoms with van der Waals surface area (Å²) in [7, 11) is -3.98. The molecule has 1 aromatic rings. The van der Waals surface area contributed by atoms with E-state index in [1.165, 1.54) is 0 Å². The van der Waals surface area contributed by atoms with E-state index in [2.05, 4.69) is 5.32 Å². The van der Waals surface area contributed by atoms with E-state index in [0.29, 0.717) is 10.5 Å². The fourth-order valence-electron chi connectivity index (χ4n) is 3.47. The van der Waals surface area contributed by atoms with Gasteiger partial charge in [0.1, 0.15) is 11.7 Å². The highest BCUT2D eigenvalue weighted by Gasteiger charge is 2.60. The largest absolute Gasteiger partial charge is 0.477 e. The number of carboxylic acids is 1. The van der Waals surface area contributed by atoms with Crippen LogP contribution in [0.4, 0.5) is 0 Å². The number of nitrogens with zero attached hydrogens (tertiary/aromatic N) is 1. The van der Waals surface area contributed by atoms with Crippen molar-refractivity contribution in [1.29, 1.82) is 0 Å². The number of β-lactam (4-membered cyclic amide) rings is 1. The fourth-order valence-corrected chi connectivity index (χ4v) is 5.48. The van der Waals surface area contributed by atoms with E-state index >= 15 is 0 Å². The number of rotatable bonds is 6. The molecule has 0 aliphatic carbocycles. The van der Waals surface area contributed by atoms with Crippen LogP contribution < -0.4 is 11.1 Å². The maximum absolute atomic E-state index is 12.5. The van der Waals surface area contributed by atoms with Crippen molar-refractivity contribution in [2.75, 3.05) is 12.4 Å². The first kappa shape index (κ1) is 20.0. The molecule has 2 aliphatic rings. The van der Waals surface area contributed by atoms with Crippen molar-refractivity contribution in [2.24, 2.45) is 5.73 Å². The standard InChI is InChI=1S/C17H19N3O7S/c18-6-10-4-2-1-3-9(10)5-12(22)19-13-15(23)20-14(17(24)25)11(7-21)8-28(26,27)16(13)20/h1-4,13,16,21H,5-8,18H2,(H,19,22)(H,24,25)/t13-,16-/m0/s1. The minimum Gasteiger partial charge on any atom is -0.477 e. The third kappa shape index (κ3) is 3.28. The zero-order valence-electron chi connectivity index (χ0n) is 14.7. The van der Waals surface area contributed by atoms with Crippen molar-refractivity contribution in [3.05, 3.63) is 46.7 Å². The number of aliphatic hydroxyl groups is 1. The number of hydrogen-bond acceptors (Lipinski definition) is 7. The molecule has 0 unspecified atom stereocenters. The number of fused-ring (bicyclic) bond motifs is 1. The van der Waals surface area contributed by atoms with Gasteiger partial charge in [-0.1, -0.05) is 24.3 Å². The molecular formula is C17H19N3O7S. The summed E-state index contributed by atoms with van der Waals surface area (Å²) in [6.07, 6.45) is -0.104. The summed E-state index contributed by atoms with van der Waals surface area (Å²) >= 11 is 0. The van der Waals surface area contributed by atoms with Crippen LogP contribution in [0.25, 0.3) is 0 Å². The Morgan fingerprint density at radius 2 is 1.89 bits per heavy atom. The Morgan fingerprint density at radius 3 is 2.46 bits per heavy atom. The summed E-state index contributed by atoms with van der Waals surface area (Å²) in [6.45, 7) is -0.586. The van der Waals surface area contributed by atoms with Gasteiger partial charge in [-0.05, 0) is 11.1 Å². The number of aliphatic hydroxyl groups excluding tert-OH is 1. The van der Waals surface area contributed by atoms with Crippen molar-refractivity contribution < 1.29 is 33.0 Å². The van der Waals surface area contributed by atoms with E-state index in [9.17, 15) is 33.0 Å². The van der Waals surface area contributed by atoms with Gasteiger partial charge in [0.25, 0.3) is 5.91 Å². The summed E-state index contributed by atoms with van der Waals surface area (Å²) in [5.74, 6) is -3.64. The van der Waals surface area contributed by atoms with E-state index in [-0.39, 0.29) is 18.5 Å². The molecule has 0 spiro atoms. The first-order chi connectivity index (χ1) is 13.2. The van der Waals surface area contributed by atoms with Crippen LogP contribution in [-0.2, 0) is 37.2 Å². The predicted molar refractivity (Wildman–Crippen MR) is 96.1 cm³/mol. The normalized spacial score (nSPS) is 23.1. The minimum atomic E-state index is -3.98. The van der Waals surface area contributed by atoms with Crippen LogP contribution in [-0.4, -0.2) is 65.1 Å². The molecule has 5 N–H and O–H groups in total. The molecule has 1 saturated heterocycles. The maximum atomic E-state index is 12.5. The molecule has 2 heterocycles. The van der Waals surface area contributed by atoms with E-state index in [4.69, 9.17) is 5.73 Å². The molecule has 2 amide bonds. The van der Waals surface area contributed by atoms with Gasteiger partial charge in [0.05, 0.1) is 18.8 Å².